The number of hydrogen-bond acceptors (Lipinski definition) is 10. The molecule has 1 fully saturated rings. The summed E-state index contributed by atoms with van der Waals surface area (Å²) in [6.07, 6.45) is 15.2. The Kier molecular flexibility index (Phi) is 18.8. The topological polar surface area (TPSA) is 152 Å². The van der Waals surface area contributed by atoms with Crippen LogP contribution in [-0.2, 0) is 23.1 Å². The minimum atomic E-state index is -0.443. The number of piperidine rings is 1. The lowest BCUT2D eigenvalue weighted by Gasteiger charge is -2.32. The Labute approximate surface area is 418 Å². The Morgan fingerprint density at radius 1 is 1.06 bits per heavy atom. The van der Waals surface area contributed by atoms with Crippen molar-refractivity contribution in [2.75, 3.05) is 71.4 Å². The molecule has 16 heteroatoms. The number of H-pyrrole nitrogens is 1. The fourth-order valence-electron chi connectivity index (χ4n) is 9.08. The van der Waals surface area contributed by atoms with E-state index in [1.807, 2.05) is 69.0 Å². The van der Waals surface area contributed by atoms with Crippen molar-refractivity contribution in [1.82, 2.24) is 50.7 Å². The molecule has 1 saturated heterocycles. The maximum Gasteiger partial charge on any atom is 0.234 e. The number of aliphatic imine (C=N–C) groups is 1. The van der Waals surface area contributed by atoms with Crippen molar-refractivity contribution in [2.24, 2.45) is 17.5 Å². The van der Waals surface area contributed by atoms with Gasteiger partial charge in [-0.15, -0.1) is 0 Å². The highest BCUT2D eigenvalue weighted by Crippen LogP contribution is 2.35. The lowest BCUT2D eigenvalue weighted by atomic mass is 9.88. The van der Waals surface area contributed by atoms with Gasteiger partial charge < -0.3 is 25.8 Å². The second-order valence-electron chi connectivity index (χ2n) is 18.9. The van der Waals surface area contributed by atoms with Crippen molar-refractivity contribution in [3.05, 3.63) is 125 Å². The monoisotopic (exact) mass is 977 g/mol. The Morgan fingerprint density at radius 2 is 1.81 bits per heavy atom. The molecule has 4 heterocycles. The third-order valence-corrected chi connectivity index (χ3v) is 13.7. The van der Waals surface area contributed by atoms with Crippen LogP contribution in [0.2, 0.25) is 10.0 Å². The molecule has 6 rings (SSSR count). The van der Waals surface area contributed by atoms with Gasteiger partial charge in [-0.1, -0.05) is 81.4 Å². The number of fused-ring (bicyclic) bond motifs is 2. The van der Waals surface area contributed by atoms with Crippen molar-refractivity contribution in [3.63, 3.8) is 0 Å². The molecular formula is C53H70Cl2N12O2. The molecule has 368 valence electrons. The van der Waals surface area contributed by atoms with E-state index in [4.69, 9.17) is 28.3 Å². The summed E-state index contributed by atoms with van der Waals surface area (Å²) >= 11 is 13.0. The van der Waals surface area contributed by atoms with E-state index < -0.39 is 5.41 Å². The number of carbonyl (C=O) groups is 2. The summed E-state index contributed by atoms with van der Waals surface area (Å²) in [7, 11) is 5.75. The van der Waals surface area contributed by atoms with Gasteiger partial charge in [0.25, 0.3) is 0 Å². The number of aryl methyl sites for hydroxylation is 1. The number of nitrogens with one attached hydrogen (secondary N) is 4. The molecule has 14 nitrogen and oxygen atoms in total. The van der Waals surface area contributed by atoms with E-state index in [-0.39, 0.29) is 17.7 Å². The fourth-order valence-corrected chi connectivity index (χ4v) is 9.81. The standard InChI is InChI=1S/C53H70Cl2N12O2/c1-10-66(25-18-37(3)58-8)52-42-16-15-40(29-47(42)64(9)63-52)39-19-23-65(24-20-39)34-48(68)60-35-53(4,5)30-49(69)67(26-21-56-6)22-12-11-13-41(31-57-7)51-43-28-38(14-17-46(43)61-62-51)27-36(2)50-44(54)32-59-33-45(50)55/h10-11,13-17,28-29,31-33,36,39,56,58H,1,3,7,12,18-27,30,34-35H2,2,4-6,8-9H3,(H,60,68)(H,61,62)/b13-11-,41-31+/t36-/m0/s1. The molecule has 0 radical (unpaired) electrons. The third kappa shape index (κ3) is 13.9. The number of aromatic nitrogens is 5. The Hall–Kier alpha value is -5.80. The predicted octanol–water partition coefficient (Wildman–Crippen LogP) is 9.02. The summed E-state index contributed by atoms with van der Waals surface area (Å²) in [5.74, 6) is 1.39. The summed E-state index contributed by atoms with van der Waals surface area (Å²) in [6, 6.07) is 12.9. The molecule has 5 aromatic rings. The van der Waals surface area contributed by atoms with E-state index in [0.717, 1.165) is 101 Å². The molecular weight excluding hydrogens is 908 g/mol. The summed E-state index contributed by atoms with van der Waals surface area (Å²) in [5, 5.41) is 25.2. The second kappa shape index (κ2) is 24.7. The molecule has 69 heavy (non-hydrogen) atoms. The predicted molar refractivity (Wildman–Crippen MR) is 285 cm³/mol. The molecule has 1 aliphatic rings. The van der Waals surface area contributed by atoms with Gasteiger partial charge in [0.2, 0.25) is 11.8 Å². The maximum atomic E-state index is 13.8. The number of pyridine rings is 1. The summed E-state index contributed by atoms with van der Waals surface area (Å²) in [5.41, 5.74) is 7.36. The van der Waals surface area contributed by atoms with Crippen molar-refractivity contribution in [2.45, 2.75) is 71.1 Å². The fraction of sp³-hybridized carbons (Fsp3) is 0.434. The highest BCUT2D eigenvalue weighted by molar-refractivity contribution is 6.35. The lowest BCUT2D eigenvalue weighted by molar-refractivity contribution is -0.133. The minimum Gasteiger partial charge on any atom is -0.392 e. The number of likely N-dealkylation sites (N-methyl/N-ethyl adjacent to an activating group) is 1. The molecule has 3 aromatic heterocycles. The first-order valence-electron chi connectivity index (χ1n) is 23.9. The number of halogens is 2. The molecule has 2 amide bonds. The number of nitrogens with zero attached hydrogens (tertiary/aromatic N) is 8. The van der Waals surface area contributed by atoms with E-state index in [1.54, 1.807) is 18.6 Å². The molecule has 1 atom stereocenters. The van der Waals surface area contributed by atoms with Gasteiger partial charge in [0, 0.05) is 100 Å². The smallest absolute Gasteiger partial charge is 0.234 e. The number of aromatic amines is 1. The van der Waals surface area contributed by atoms with E-state index in [0.29, 0.717) is 61.5 Å². The van der Waals surface area contributed by atoms with Gasteiger partial charge in [-0.2, -0.15) is 10.2 Å². The van der Waals surface area contributed by atoms with Crippen LogP contribution in [0.4, 0.5) is 5.82 Å². The van der Waals surface area contributed by atoms with Crippen LogP contribution >= 0.6 is 23.2 Å². The van der Waals surface area contributed by atoms with Gasteiger partial charge in [-0.3, -0.25) is 34.2 Å². The number of rotatable bonds is 25. The van der Waals surface area contributed by atoms with Gasteiger partial charge in [0.05, 0.1) is 27.6 Å². The maximum absolute atomic E-state index is 13.8. The number of carbonyl (C=O) groups excluding carboxylic acids is 2. The molecule has 1 aliphatic heterocycles. The Morgan fingerprint density at radius 3 is 2.51 bits per heavy atom. The first-order chi connectivity index (χ1) is 33.1. The van der Waals surface area contributed by atoms with Crippen LogP contribution < -0.4 is 20.9 Å². The Balaban J connectivity index is 0.979. The van der Waals surface area contributed by atoms with Crippen molar-refractivity contribution in [3.8, 4) is 0 Å². The zero-order valence-corrected chi connectivity index (χ0v) is 42.8. The van der Waals surface area contributed by atoms with Crippen LogP contribution in [-0.4, -0.2) is 120 Å². The van der Waals surface area contributed by atoms with E-state index >= 15 is 0 Å². The van der Waals surface area contributed by atoms with Crippen LogP contribution in [0.1, 0.15) is 87.1 Å². The van der Waals surface area contributed by atoms with E-state index in [1.165, 1.54) is 5.56 Å². The number of anilines is 1. The quantitative estimate of drug-likeness (QED) is 0.0332. The summed E-state index contributed by atoms with van der Waals surface area (Å²) < 4.78 is 1.95. The van der Waals surface area contributed by atoms with Gasteiger partial charge in [-0.05, 0) is 117 Å². The highest BCUT2D eigenvalue weighted by Gasteiger charge is 2.28. The average molecular weight is 978 g/mol. The third-order valence-electron chi connectivity index (χ3n) is 13.1. The van der Waals surface area contributed by atoms with Gasteiger partial charge in [-0.25, -0.2) is 0 Å². The highest BCUT2D eigenvalue weighted by atomic mass is 35.5. The largest absolute Gasteiger partial charge is 0.392 e. The molecule has 4 N–H and O–H groups in total. The lowest BCUT2D eigenvalue weighted by Crippen LogP contribution is -2.45. The first-order valence-corrected chi connectivity index (χ1v) is 24.6. The normalized spacial score (nSPS) is 14.3. The van der Waals surface area contributed by atoms with Crippen LogP contribution in [0.5, 0.6) is 0 Å². The molecule has 0 aliphatic carbocycles. The molecule has 0 bridgehead atoms. The van der Waals surface area contributed by atoms with Gasteiger partial charge in [0.15, 0.2) is 5.82 Å². The number of benzene rings is 2. The molecule has 0 saturated carbocycles. The average Bonchev–Trinajstić information content (AvgIpc) is 3.90. The van der Waals surface area contributed by atoms with Gasteiger partial charge in [0.1, 0.15) is 5.69 Å². The van der Waals surface area contributed by atoms with Crippen LogP contribution in [0.25, 0.3) is 27.4 Å². The van der Waals surface area contributed by atoms with E-state index in [2.05, 4.69) is 103 Å². The number of amides is 2. The number of allylic oxidation sites excluding steroid dienone is 2. The summed E-state index contributed by atoms with van der Waals surface area (Å²) in [4.78, 5) is 41.5. The molecule has 0 unspecified atom stereocenters. The SMILES string of the molecule is C=CN(CCC(=C)NC)c1nn(C)c2cc(C3CCN(CC(=O)NCC(C)(C)CC(=O)N(CC/C=C\C(=C/N=C)c4n[nH]c5ccc(C[C@H](C)c6c(Cl)cncc6Cl)cc45)CCNC)CC3)ccc12. The summed E-state index contributed by atoms with van der Waals surface area (Å²) in [6.45, 7) is 22.9. The van der Waals surface area contributed by atoms with Crippen LogP contribution in [0.3, 0.4) is 0 Å². The van der Waals surface area contributed by atoms with Crippen molar-refractivity contribution >= 4 is 74.9 Å². The second-order valence-corrected chi connectivity index (χ2v) is 19.7. The number of likely N-dealkylation sites (tertiary alicyclic amines) is 1. The van der Waals surface area contributed by atoms with Crippen molar-refractivity contribution < 1.29 is 9.59 Å². The minimum absolute atomic E-state index is 0.0202. The van der Waals surface area contributed by atoms with E-state index in [9.17, 15) is 9.59 Å². The van der Waals surface area contributed by atoms with Crippen LogP contribution in [0, 0.1) is 5.41 Å². The Bertz CT molecular complexity index is 2640. The van der Waals surface area contributed by atoms with Crippen LogP contribution in [0.15, 0.2) is 97.2 Å². The molecule has 2 aromatic carbocycles. The zero-order valence-electron chi connectivity index (χ0n) is 41.3. The number of hydrogen-bond donors (Lipinski definition) is 4. The van der Waals surface area contributed by atoms with Crippen molar-refractivity contribution in [1.29, 1.82) is 0 Å². The van der Waals surface area contributed by atoms with Gasteiger partial charge >= 0.3 is 0 Å². The molecule has 0 spiro atoms. The zero-order chi connectivity index (χ0) is 49.7. The first kappa shape index (κ1) is 52.6.